The molecule has 0 radical (unpaired) electrons. The zero-order chi connectivity index (χ0) is 17.8. The summed E-state index contributed by atoms with van der Waals surface area (Å²) in [4.78, 5) is 0. The van der Waals surface area contributed by atoms with Crippen molar-refractivity contribution in [1.29, 1.82) is 21.0 Å². The topological polar surface area (TPSA) is 114 Å². The van der Waals surface area contributed by atoms with Crippen LogP contribution in [0.25, 0.3) is 0 Å². The summed E-state index contributed by atoms with van der Waals surface area (Å²) in [5.74, 6) is 0.340. The van der Waals surface area contributed by atoms with Crippen molar-refractivity contribution in [3.05, 3.63) is 0 Å². The summed E-state index contributed by atoms with van der Waals surface area (Å²) < 4.78 is 11.1. The van der Waals surface area contributed by atoms with Gasteiger partial charge < -0.3 is 9.47 Å². The molecule has 0 aromatic carbocycles. The van der Waals surface area contributed by atoms with E-state index in [-0.39, 0.29) is 24.0 Å². The molecule has 0 aliphatic rings. The highest BCUT2D eigenvalue weighted by Gasteiger charge is 2.24. The third-order valence-electron chi connectivity index (χ3n) is 3.21. The van der Waals surface area contributed by atoms with Crippen LogP contribution >= 0.6 is 11.8 Å². The maximum absolute atomic E-state index is 9.05. The van der Waals surface area contributed by atoms with Gasteiger partial charge in [0.15, 0.2) is 0 Å². The Hall–Kier alpha value is -1.77. The van der Waals surface area contributed by atoms with Crippen molar-refractivity contribution >= 4 is 11.8 Å². The van der Waals surface area contributed by atoms with E-state index in [1.54, 1.807) is 27.7 Å². The second-order valence-corrected chi connectivity index (χ2v) is 6.34. The molecule has 0 bridgehead atoms. The van der Waals surface area contributed by atoms with Gasteiger partial charge in [-0.1, -0.05) is 0 Å². The monoisotopic (exact) mass is 334 g/mol. The molecule has 7 heteroatoms. The van der Waals surface area contributed by atoms with E-state index in [1.165, 1.54) is 11.8 Å². The molecule has 0 aliphatic heterocycles. The molecule has 0 aromatic rings. The lowest BCUT2D eigenvalue weighted by molar-refractivity contribution is 0.0190. The van der Waals surface area contributed by atoms with E-state index < -0.39 is 12.2 Å². The summed E-state index contributed by atoms with van der Waals surface area (Å²) >= 11 is 1.49. The zero-order valence-corrected chi connectivity index (χ0v) is 14.7. The molecule has 0 saturated heterocycles. The lowest BCUT2D eigenvalue weighted by Gasteiger charge is -2.24. The van der Waals surface area contributed by atoms with E-state index in [0.29, 0.717) is 11.5 Å². The smallest absolute Gasteiger partial charge is 0.141 e. The minimum absolute atomic E-state index is 0.343. The average Bonchev–Trinajstić information content (AvgIpc) is 2.57. The summed E-state index contributed by atoms with van der Waals surface area (Å²) in [6, 6.07) is 8.25. The van der Waals surface area contributed by atoms with Crippen LogP contribution in [0.15, 0.2) is 0 Å². The van der Waals surface area contributed by atoms with E-state index >= 15 is 0 Å². The van der Waals surface area contributed by atoms with Gasteiger partial charge in [-0.25, -0.2) is 0 Å². The van der Waals surface area contributed by atoms with E-state index in [1.807, 2.05) is 12.1 Å². The number of nitrogens with zero attached hydrogens (tertiary/aromatic N) is 4. The van der Waals surface area contributed by atoms with Gasteiger partial charge in [-0.3, -0.25) is 0 Å². The number of hydrogen-bond donors (Lipinski definition) is 0. The van der Waals surface area contributed by atoms with E-state index in [2.05, 4.69) is 12.1 Å². The van der Waals surface area contributed by atoms with E-state index in [9.17, 15) is 0 Å². The third kappa shape index (κ3) is 8.44. The fraction of sp³-hybridized carbons (Fsp3) is 0.750. The molecule has 0 heterocycles. The number of rotatable bonds is 10. The van der Waals surface area contributed by atoms with Gasteiger partial charge in [-0.2, -0.15) is 32.8 Å². The third-order valence-corrected chi connectivity index (χ3v) is 4.34. The lowest BCUT2D eigenvalue weighted by atomic mass is 10.1. The Morgan fingerprint density at radius 1 is 0.696 bits per heavy atom. The Labute approximate surface area is 142 Å². The van der Waals surface area contributed by atoms with Crippen LogP contribution in [0, 0.1) is 57.2 Å². The maximum atomic E-state index is 9.05. The largest absolute Gasteiger partial charge is 0.358 e. The molecule has 6 atom stereocenters. The first-order chi connectivity index (χ1) is 10.9. The van der Waals surface area contributed by atoms with Crippen LogP contribution in [0.2, 0.25) is 0 Å². The predicted molar refractivity (Wildman–Crippen MR) is 86.8 cm³/mol. The van der Waals surface area contributed by atoms with Crippen LogP contribution in [0.5, 0.6) is 0 Å². The molecule has 0 rings (SSSR count). The van der Waals surface area contributed by atoms with Gasteiger partial charge in [0.25, 0.3) is 0 Å². The predicted octanol–water partition coefficient (Wildman–Crippen LogP) is 2.63. The normalized spacial score (nSPS) is 18.1. The number of nitriles is 4. The molecule has 0 amide bonds. The molecule has 0 aliphatic carbocycles. The highest BCUT2D eigenvalue weighted by atomic mass is 32.2. The van der Waals surface area contributed by atoms with Crippen LogP contribution in [0.3, 0.4) is 0 Å². The first-order valence-electron chi connectivity index (χ1n) is 7.36. The summed E-state index contributed by atoms with van der Waals surface area (Å²) in [5, 5.41) is 35.8. The molecule has 23 heavy (non-hydrogen) atoms. The number of hydrogen-bond acceptors (Lipinski definition) is 7. The minimum atomic E-state index is -0.583. The highest BCUT2D eigenvalue weighted by molar-refractivity contribution is 7.99. The van der Waals surface area contributed by atoms with Crippen molar-refractivity contribution in [3.63, 3.8) is 0 Å². The van der Waals surface area contributed by atoms with Crippen molar-refractivity contribution in [2.75, 3.05) is 11.5 Å². The van der Waals surface area contributed by atoms with Gasteiger partial charge >= 0.3 is 0 Å². The Balaban J connectivity index is 4.63. The zero-order valence-electron chi connectivity index (χ0n) is 13.9. The van der Waals surface area contributed by atoms with Crippen LogP contribution in [0.1, 0.15) is 27.7 Å². The van der Waals surface area contributed by atoms with Gasteiger partial charge in [-0.05, 0) is 27.7 Å². The van der Waals surface area contributed by atoms with Gasteiger partial charge in [0.05, 0.1) is 48.3 Å². The molecular weight excluding hydrogens is 312 g/mol. The quantitative estimate of drug-likeness (QED) is 0.603. The van der Waals surface area contributed by atoms with Crippen molar-refractivity contribution < 1.29 is 9.47 Å². The summed E-state index contributed by atoms with van der Waals surface area (Å²) in [6.07, 6.45) is -1.91. The molecular formula is C16H22N4O2S. The average molecular weight is 334 g/mol. The van der Waals surface area contributed by atoms with Crippen LogP contribution in [-0.2, 0) is 9.47 Å². The first kappa shape index (κ1) is 21.2. The fourth-order valence-corrected chi connectivity index (χ4v) is 2.99. The maximum Gasteiger partial charge on any atom is 0.141 e. The van der Waals surface area contributed by atoms with Crippen molar-refractivity contribution in [1.82, 2.24) is 0 Å². The van der Waals surface area contributed by atoms with Gasteiger partial charge in [-0.15, -0.1) is 0 Å². The number of ether oxygens (including phenoxy) is 2. The standard InChI is InChI=1S/C16H22N4O2S/c1-11(5-17)15(21-13(3)7-19)9-23-10-16(12(2)6-18)22-14(4)8-20/h11-16H,9-10H2,1-4H3. The molecule has 0 fully saturated rings. The SMILES string of the molecule is CC(C#N)OC(CSCC(OC(C)C#N)C(C)C#N)C(C)C#N. The highest BCUT2D eigenvalue weighted by Crippen LogP contribution is 2.20. The number of thioether (sulfide) groups is 1. The molecule has 0 aromatic heterocycles. The lowest BCUT2D eigenvalue weighted by Crippen LogP contribution is -2.30. The van der Waals surface area contributed by atoms with Crippen molar-refractivity contribution in [3.8, 4) is 24.3 Å². The summed E-state index contributed by atoms with van der Waals surface area (Å²) in [5.41, 5.74) is 0. The molecule has 6 nitrogen and oxygen atoms in total. The second kappa shape index (κ2) is 11.8. The van der Waals surface area contributed by atoms with E-state index in [0.717, 1.165) is 0 Å². The van der Waals surface area contributed by atoms with Crippen molar-refractivity contribution in [2.45, 2.75) is 52.1 Å². The minimum Gasteiger partial charge on any atom is -0.358 e. The molecule has 6 unspecified atom stereocenters. The van der Waals surface area contributed by atoms with Crippen LogP contribution < -0.4 is 0 Å². The summed E-state index contributed by atoms with van der Waals surface area (Å²) in [6.45, 7) is 6.78. The molecule has 124 valence electrons. The van der Waals surface area contributed by atoms with Crippen LogP contribution in [0.4, 0.5) is 0 Å². The van der Waals surface area contributed by atoms with E-state index in [4.69, 9.17) is 30.5 Å². The van der Waals surface area contributed by atoms with Crippen LogP contribution in [-0.4, -0.2) is 35.9 Å². The Morgan fingerprint density at radius 2 is 1.04 bits per heavy atom. The Bertz CT molecular complexity index is 468. The van der Waals surface area contributed by atoms with Gasteiger partial charge in [0.1, 0.15) is 12.2 Å². The molecule has 0 spiro atoms. The fourth-order valence-electron chi connectivity index (χ4n) is 1.65. The van der Waals surface area contributed by atoms with Gasteiger partial charge in [0.2, 0.25) is 0 Å². The second-order valence-electron chi connectivity index (χ2n) is 5.26. The summed E-state index contributed by atoms with van der Waals surface area (Å²) in [7, 11) is 0. The molecule has 0 N–H and O–H groups in total. The van der Waals surface area contributed by atoms with Gasteiger partial charge in [0, 0.05) is 11.5 Å². The Morgan fingerprint density at radius 3 is 1.30 bits per heavy atom. The Kier molecular flexibility index (Phi) is 10.8. The van der Waals surface area contributed by atoms with Crippen molar-refractivity contribution in [2.24, 2.45) is 11.8 Å². The molecule has 0 saturated carbocycles. The first-order valence-corrected chi connectivity index (χ1v) is 8.52.